The predicted molar refractivity (Wildman–Crippen MR) is 55.9 cm³/mol. The van der Waals surface area contributed by atoms with Gasteiger partial charge in [0.25, 0.3) is 0 Å². The summed E-state index contributed by atoms with van der Waals surface area (Å²) in [6, 6.07) is 3.63. The molecule has 0 atom stereocenters. The first-order valence-electron chi connectivity index (χ1n) is 4.00. The molecule has 5 heteroatoms. The highest BCUT2D eigenvalue weighted by Crippen LogP contribution is 2.35. The van der Waals surface area contributed by atoms with Crippen molar-refractivity contribution in [3.05, 3.63) is 22.2 Å². The van der Waals surface area contributed by atoms with Gasteiger partial charge in [-0.2, -0.15) is 0 Å². The molecule has 0 unspecified atom stereocenters. The highest BCUT2D eigenvalue weighted by molar-refractivity contribution is 9.10. The molecule has 0 saturated carbocycles. The van der Waals surface area contributed by atoms with Gasteiger partial charge in [-0.1, -0.05) is 0 Å². The maximum absolute atomic E-state index is 8.57. The summed E-state index contributed by atoms with van der Waals surface area (Å²) in [6.45, 7) is 0.347. The van der Waals surface area contributed by atoms with Crippen molar-refractivity contribution < 1.29 is 14.7 Å². The lowest BCUT2D eigenvalue weighted by molar-refractivity contribution is 0.161. The van der Waals surface area contributed by atoms with Crippen molar-refractivity contribution in [2.75, 3.05) is 14.2 Å². The zero-order valence-corrected chi connectivity index (χ0v) is 9.59. The van der Waals surface area contributed by atoms with E-state index >= 15 is 0 Å². The van der Waals surface area contributed by atoms with Gasteiger partial charge >= 0.3 is 0 Å². The minimum Gasteiger partial charge on any atom is -0.495 e. The molecule has 0 radical (unpaired) electrons. The number of methoxy groups -OCH3 is 2. The third-order valence-electron chi connectivity index (χ3n) is 1.79. The van der Waals surface area contributed by atoms with Crippen molar-refractivity contribution in [1.82, 2.24) is 5.48 Å². The fraction of sp³-hybridized carbons (Fsp3) is 0.333. The lowest BCUT2D eigenvalue weighted by Crippen LogP contribution is -2.06. The molecule has 0 fully saturated rings. The first-order valence-corrected chi connectivity index (χ1v) is 4.79. The van der Waals surface area contributed by atoms with Crippen LogP contribution in [0.4, 0.5) is 0 Å². The van der Waals surface area contributed by atoms with Crippen LogP contribution in [0.1, 0.15) is 5.56 Å². The van der Waals surface area contributed by atoms with Crippen LogP contribution in [0.5, 0.6) is 11.5 Å². The Bertz CT molecular complexity index is 292. The van der Waals surface area contributed by atoms with Crippen LogP contribution in [0.25, 0.3) is 0 Å². The van der Waals surface area contributed by atoms with Crippen molar-refractivity contribution in [2.45, 2.75) is 6.54 Å². The number of hydroxylamine groups is 1. The van der Waals surface area contributed by atoms with Crippen LogP contribution >= 0.6 is 15.9 Å². The van der Waals surface area contributed by atoms with Crippen molar-refractivity contribution in [1.29, 1.82) is 0 Å². The Hall–Kier alpha value is -0.780. The molecule has 4 nitrogen and oxygen atoms in total. The van der Waals surface area contributed by atoms with E-state index in [0.717, 1.165) is 10.0 Å². The summed E-state index contributed by atoms with van der Waals surface area (Å²) < 4.78 is 11.0. The largest absolute Gasteiger partial charge is 0.495 e. The molecule has 2 N–H and O–H groups in total. The monoisotopic (exact) mass is 261 g/mol. The molecule has 0 amide bonds. The normalized spacial score (nSPS) is 10.0. The summed E-state index contributed by atoms with van der Waals surface area (Å²) >= 11 is 3.35. The molecule has 0 aliphatic rings. The van der Waals surface area contributed by atoms with Gasteiger partial charge in [0.1, 0.15) is 16.0 Å². The van der Waals surface area contributed by atoms with Crippen LogP contribution in [0, 0.1) is 0 Å². The highest BCUT2D eigenvalue weighted by atomic mass is 79.9. The Labute approximate surface area is 90.9 Å². The Morgan fingerprint density at radius 2 is 1.79 bits per heavy atom. The molecule has 0 aliphatic carbocycles. The summed E-state index contributed by atoms with van der Waals surface area (Å²) in [7, 11) is 3.16. The Balaban J connectivity index is 3.11. The first-order chi connectivity index (χ1) is 6.72. The lowest BCUT2D eigenvalue weighted by atomic mass is 10.2. The maximum Gasteiger partial charge on any atom is 0.137 e. The summed E-state index contributed by atoms with van der Waals surface area (Å²) in [6.07, 6.45) is 0. The summed E-state index contributed by atoms with van der Waals surface area (Å²) in [5, 5.41) is 8.57. The van der Waals surface area contributed by atoms with Gasteiger partial charge in [0.05, 0.1) is 14.2 Å². The molecule has 0 saturated heterocycles. The van der Waals surface area contributed by atoms with E-state index in [0.29, 0.717) is 18.0 Å². The molecule has 1 aromatic carbocycles. The molecule has 1 rings (SSSR count). The zero-order valence-electron chi connectivity index (χ0n) is 8.00. The lowest BCUT2D eigenvalue weighted by Gasteiger charge is -2.10. The van der Waals surface area contributed by atoms with E-state index in [9.17, 15) is 0 Å². The summed E-state index contributed by atoms with van der Waals surface area (Å²) in [5.74, 6) is 1.35. The molecule has 0 heterocycles. The van der Waals surface area contributed by atoms with Gasteiger partial charge in [-0.15, -0.1) is 0 Å². The third-order valence-corrected chi connectivity index (χ3v) is 2.57. The van der Waals surface area contributed by atoms with Crippen molar-refractivity contribution in [3.63, 3.8) is 0 Å². The van der Waals surface area contributed by atoms with Gasteiger partial charge < -0.3 is 14.7 Å². The fourth-order valence-corrected chi connectivity index (χ4v) is 1.67. The molecule has 0 spiro atoms. The van der Waals surface area contributed by atoms with E-state index < -0.39 is 0 Å². The second kappa shape index (κ2) is 5.19. The van der Waals surface area contributed by atoms with Gasteiger partial charge in [-0.25, -0.2) is 5.48 Å². The van der Waals surface area contributed by atoms with Crippen molar-refractivity contribution in [2.24, 2.45) is 0 Å². The van der Waals surface area contributed by atoms with E-state index in [-0.39, 0.29) is 0 Å². The van der Waals surface area contributed by atoms with Crippen molar-refractivity contribution >= 4 is 15.9 Å². The Morgan fingerprint density at radius 1 is 1.29 bits per heavy atom. The second-order valence-corrected chi connectivity index (χ2v) is 3.44. The zero-order chi connectivity index (χ0) is 10.6. The quantitative estimate of drug-likeness (QED) is 0.814. The molecule has 0 aliphatic heterocycles. The molecule has 0 aromatic heterocycles. The van der Waals surface area contributed by atoms with Crippen LogP contribution in [0.15, 0.2) is 16.6 Å². The fourth-order valence-electron chi connectivity index (χ4n) is 1.12. The van der Waals surface area contributed by atoms with Crippen LogP contribution in [-0.2, 0) is 6.54 Å². The Morgan fingerprint density at radius 3 is 2.14 bits per heavy atom. The van der Waals surface area contributed by atoms with E-state index in [1.807, 2.05) is 12.1 Å². The number of nitrogens with one attached hydrogen (secondary N) is 1. The number of benzene rings is 1. The van der Waals surface area contributed by atoms with E-state index in [1.165, 1.54) is 0 Å². The average molecular weight is 262 g/mol. The molecular weight excluding hydrogens is 250 g/mol. The number of hydrogen-bond acceptors (Lipinski definition) is 4. The second-order valence-electron chi connectivity index (χ2n) is 2.65. The average Bonchev–Trinajstić information content (AvgIpc) is 2.20. The maximum atomic E-state index is 8.57. The van der Waals surface area contributed by atoms with E-state index in [1.54, 1.807) is 14.2 Å². The Kier molecular flexibility index (Phi) is 4.19. The summed E-state index contributed by atoms with van der Waals surface area (Å²) in [5.41, 5.74) is 2.96. The molecule has 78 valence electrons. The summed E-state index contributed by atoms with van der Waals surface area (Å²) in [4.78, 5) is 0. The number of hydrogen-bond donors (Lipinski definition) is 2. The first kappa shape index (κ1) is 11.3. The molecule has 14 heavy (non-hydrogen) atoms. The number of rotatable bonds is 4. The van der Waals surface area contributed by atoms with Gasteiger partial charge in [-0.3, -0.25) is 0 Å². The van der Waals surface area contributed by atoms with Gasteiger partial charge in [0.15, 0.2) is 0 Å². The van der Waals surface area contributed by atoms with Crippen LogP contribution < -0.4 is 15.0 Å². The van der Waals surface area contributed by atoms with Crippen LogP contribution in [-0.4, -0.2) is 19.4 Å². The SMILES string of the molecule is COc1cc(CNO)cc(OC)c1Br. The van der Waals surface area contributed by atoms with Gasteiger partial charge in [0.2, 0.25) is 0 Å². The molecule has 0 bridgehead atoms. The predicted octanol–water partition coefficient (Wildman–Crippen LogP) is 1.95. The van der Waals surface area contributed by atoms with E-state index in [4.69, 9.17) is 14.7 Å². The minimum atomic E-state index is 0.347. The van der Waals surface area contributed by atoms with Crippen molar-refractivity contribution in [3.8, 4) is 11.5 Å². The number of ether oxygens (including phenoxy) is 2. The third kappa shape index (κ3) is 2.37. The molecular formula is C9H12BrNO3. The smallest absolute Gasteiger partial charge is 0.137 e. The topological polar surface area (TPSA) is 50.7 Å². The van der Waals surface area contributed by atoms with Gasteiger partial charge in [0, 0.05) is 6.54 Å². The van der Waals surface area contributed by atoms with Crippen LogP contribution in [0.3, 0.4) is 0 Å². The molecule has 1 aromatic rings. The minimum absolute atomic E-state index is 0.347. The number of halogens is 1. The van der Waals surface area contributed by atoms with Crippen LogP contribution in [0.2, 0.25) is 0 Å². The highest BCUT2D eigenvalue weighted by Gasteiger charge is 2.09. The van der Waals surface area contributed by atoms with E-state index in [2.05, 4.69) is 21.4 Å². The standard InChI is InChI=1S/C9H12BrNO3/c1-13-7-3-6(5-11-12)4-8(14-2)9(7)10/h3-4,11-12H,5H2,1-2H3. The van der Waals surface area contributed by atoms with Gasteiger partial charge in [-0.05, 0) is 33.6 Å².